The highest BCUT2D eigenvalue weighted by atomic mass is 19.4. The van der Waals surface area contributed by atoms with Crippen LogP contribution in [0.2, 0.25) is 0 Å². The van der Waals surface area contributed by atoms with Crippen molar-refractivity contribution in [2.45, 2.75) is 19.0 Å². The molecule has 0 unspecified atom stereocenters. The van der Waals surface area contributed by atoms with Gasteiger partial charge in [-0.05, 0) is 36.6 Å². The lowest BCUT2D eigenvalue weighted by Gasteiger charge is -2.13. The van der Waals surface area contributed by atoms with Crippen LogP contribution in [0.3, 0.4) is 0 Å². The second-order valence-electron chi connectivity index (χ2n) is 6.74. The lowest BCUT2D eigenvalue weighted by atomic mass is 9.93. The van der Waals surface area contributed by atoms with Crippen molar-refractivity contribution in [1.82, 2.24) is 10.1 Å². The van der Waals surface area contributed by atoms with Crippen LogP contribution in [0.15, 0.2) is 57.5 Å². The Labute approximate surface area is 162 Å². The van der Waals surface area contributed by atoms with E-state index < -0.39 is 17.4 Å². The molecule has 2 heterocycles. The summed E-state index contributed by atoms with van der Waals surface area (Å²) >= 11 is 0. The van der Waals surface area contributed by atoms with Crippen molar-refractivity contribution < 1.29 is 27.2 Å². The van der Waals surface area contributed by atoms with Gasteiger partial charge in [-0.15, -0.1) is 0 Å². The standard InChI is InChI=1S/C21H13F3N2O3/c22-21(23,24)16-17(26-29-18(16)11-4-2-1-3-5-11)20-25-15-9-6-12-10-13(27)7-8-14(12)19(15)28-20/h1-5,7-8,10,27H,6,9H2. The molecule has 29 heavy (non-hydrogen) atoms. The highest BCUT2D eigenvalue weighted by Gasteiger charge is 2.43. The zero-order valence-corrected chi connectivity index (χ0v) is 14.8. The first-order valence-corrected chi connectivity index (χ1v) is 8.86. The fourth-order valence-electron chi connectivity index (χ4n) is 3.58. The number of aromatic hydroxyl groups is 1. The van der Waals surface area contributed by atoms with Crippen molar-refractivity contribution in [2.75, 3.05) is 0 Å². The van der Waals surface area contributed by atoms with E-state index in [1.807, 2.05) is 0 Å². The molecule has 4 aromatic rings. The Balaban J connectivity index is 1.67. The Kier molecular flexibility index (Phi) is 3.77. The van der Waals surface area contributed by atoms with Gasteiger partial charge in [-0.2, -0.15) is 13.2 Å². The van der Waals surface area contributed by atoms with Gasteiger partial charge >= 0.3 is 6.18 Å². The molecule has 1 aliphatic rings. The number of nitrogens with zero attached hydrogens (tertiary/aromatic N) is 2. The first-order chi connectivity index (χ1) is 13.9. The molecule has 2 aromatic heterocycles. The van der Waals surface area contributed by atoms with Crippen LogP contribution >= 0.6 is 0 Å². The van der Waals surface area contributed by atoms with Crippen LogP contribution in [0.1, 0.15) is 16.8 Å². The summed E-state index contributed by atoms with van der Waals surface area (Å²) in [6, 6.07) is 12.8. The van der Waals surface area contributed by atoms with E-state index in [0.29, 0.717) is 29.9 Å². The summed E-state index contributed by atoms with van der Waals surface area (Å²) in [5.41, 5.74) is 0.857. The van der Waals surface area contributed by atoms with E-state index in [9.17, 15) is 18.3 Å². The zero-order chi connectivity index (χ0) is 20.2. The molecule has 1 aliphatic carbocycles. The minimum absolute atomic E-state index is 0.121. The van der Waals surface area contributed by atoms with Gasteiger partial charge in [-0.25, -0.2) is 4.98 Å². The Hall–Kier alpha value is -3.55. The van der Waals surface area contributed by atoms with Crippen molar-refractivity contribution >= 4 is 0 Å². The van der Waals surface area contributed by atoms with Gasteiger partial charge in [0.05, 0.1) is 5.69 Å². The number of aromatic nitrogens is 2. The van der Waals surface area contributed by atoms with Gasteiger partial charge in [0, 0.05) is 11.1 Å². The molecule has 0 saturated heterocycles. The minimum Gasteiger partial charge on any atom is -0.508 e. The van der Waals surface area contributed by atoms with Gasteiger partial charge in [0.25, 0.3) is 0 Å². The first kappa shape index (κ1) is 17.5. The molecule has 5 nitrogen and oxygen atoms in total. The summed E-state index contributed by atoms with van der Waals surface area (Å²) in [5, 5.41) is 13.3. The predicted molar refractivity (Wildman–Crippen MR) is 96.9 cm³/mol. The van der Waals surface area contributed by atoms with E-state index in [2.05, 4.69) is 10.1 Å². The number of fused-ring (bicyclic) bond motifs is 3. The Morgan fingerprint density at radius 1 is 0.966 bits per heavy atom. The maximum Gasteiger partial charge on any atom is 0.422 e. The molecular formula is C21H13F3N2O3. The lowest BCUT2D eigenvalue weighted by Crippen LogP contribution is -2.07. The molecule has 0 saturated carbocycles. The molecule has 0 atom stereocenters. The summed E-state index contributed by atoms with van der Waals surface area (Å²) < 4.78 is 52.5. The molecule has 1 N–H and O–H groups in total. The second-order valence-corrected chi connectivity index (χ2v) is 6.74. The average Bonchev–Trinajstić information content (AvgIpc) is 3.32. The molecule has 146 valence electrons. The van der Waals surface area contributed by atoms with Gasteiger partial charge in [0.1, 0.15) is 11.3 Å². The van der Waals surface area contributed by atoms with Crippen molar-refractivity contribution in [3.05, 3.63) is 65.4 Å². The second kappa shape index (κ2) is 6.23. The monoisotopic (exact) mass is 398 g/mol. The third-order valence-electron chi connectivity index (χ3n) is 4.88. The summed E-state index contributed by atoms with van der Waals surface area (Å²) in [4.78, 5) is 4.27. The molecule has 0 amide bonds. The lowest BCUT2D eigenvalue weighted by molar-refractivity contribution is -0.136. The number of rotatable bonds is 2. The number of alkyl halides is 3. The van der Waals surface area contributed by atoms with Crippen LogP contribution in [0.4, 0.5) is 13.2 Å². The fraction of sp³-hybridized carbons (Fsp3) is 0.143. The fourth-order valence-corrected chi connectivity index (χ4v) is 3.58. The number of phenols is 1. The van der Waals surface area contributed by atoms with E-state index in [0.717, 1.165) is 5.56 Å². The highest BCUT2D eigenvalue weighted by molar-refractivity contribution is 5.73. The van der Waals surface area contributed by atoms with E-state index in [1.165, 1.54) is 18.2 Å². The maximum atomic E-state index is 13.9. The van der Waals surface area contributed by atoms with Gasteiger partial charge < -0.3 is 14.0 Å². The SMILES string of the molecule is Oc1ccc2c(c1)CCc1nc(-c3noc(-c4ccccc4)c3C(F)(F)F)oc1-2. The van der Waals surface area contributed by atoms with Crippen molar-refractivity contribution in [3.63, 3.8) is 0 Å². The number of phenolic OH excluding ortho intramolecular Hbond substituents is 1. The Bertz CT molecular complexity index is 1210. The van der Waals surface area contributed by atoms with Crippen molar-refractivity contribution in [1.29, 1.82) is 0 Å². The van der Waals surface area contributed by atoms with Gasteiger partial charge in [-0.1, -0.05) is 35.5 Å². The average molecular weight is 398 g/mol. The van der Waals surface area contributed by atoms with Gasteiger partial charge in [0.15, 0.2) is 17.2 Å². The van der Waals surface area contributed by atoms with Gasteiger partial charge in [0.2, 0.25) is 5.89 Å². The van der Waals surface area contributed by atoms with E-state index in [-0.39, 0.29) is 23.0 Å². The zero-order valence-electron chi connectivity index (χ0n) is 14.8. The number of hydrogen-bond donors (Lipinski definition) is 1. The van der Waals surface area contributed by atoms with E-state index >= 15 is 0 Å². The molecule has 0 bridgehead atoms. The highest BCUT2D eigenvalue weighted by Crippen LogP contribution is 2.45. The van der Waals surface area contributed by atoms with Crippen molar-refractivity contribution in [3.8, 4) is 40.0 Å². The third kappa shape index (κ3) is 2.88. The minimum atomic E-state index is -4.71. The molecule has 0 radical (unpaired) electrons. The number of halogens is 3. The van der Waals surface area contributed by atoms with Gasteiger partial charge in [-0.3, -0.25) is 0 Å². The molecule has 0 spiro atoms. The number of benzene rings is 2. The van der Waals surface area contributed by atoms with Crippen LogP contribution in [-0.4, -0.2) is 15.2 Å². The van der Waals surface area contributed by atoms with Crippen LogP contribution in [-0.2, 0) is 19.0 Å². The molecule has 0 aliphatic heterocycles. The number of oxazole rings is 1. The molecule has 8 heteroatoms. The first-order valence-electron chi connectivity index (χ1n) is 8.86. The summed E-state index contributed by atoms with van der Waals surface area (Å²) in [5.74, 6) is -0.113. The topological polar surface area (TPSA) is 72.3 Å². The van der Waals surface area contributed by atoms with Crippen LogP contribution in [0.25, 0.3) is 34.2 Å². The number of hydrogen-bond acceptors (Lipinski definition) is 5. The summed E-state index contributed by atoms with van der Waals surface area (Å²) in [6.07, 6.45) is -3.62. The molecular weight excluding hydrogens is 385 g/mol. The van der Waals surface area contributed by atoms with Crippen LogP contribution in [0, 0.1) is 0 Å². The Morgan fingerprint density at radius 2 is 1.76 bits per heavy atom. The van der Waals surface area contributed by atoms with E-state index in [1.54, 1.807) is 30.3 Å². The van der Waals surface area contributed by atoms with Crippen LogP contribution < -0.4 is 0 Å². The largest absolute Gasteiger partial charge is 0.508 e. The summed E-state index contributed by atoms with van der Waals surface area (Å²) in [6.45, 7) is 0. The number of aryl methyl sites for hydroxylation is 2. The normalized spacial score (nSPS) is 13.2. The van der Waals surface area contributed by atoms with E-state index in [4.69, 9.17) is 8.94 Å². The molecule has 5 rings (SSSR count). The predicted octanol–water partition coefficient (Wildman–Crippen LogP) is 5.49. The quantitative estimate of drug-likeness (QED) is 0.484. The van der Waals surface area contributed by atoms with Crippen molar-refractivity contribution in [2.24, 2.45) is 0 Å². The maximum absolute atomic E-state index is 13.9. The summed E-state index contributed by atoms with van der Waals surface area (Å²) in [7, 11) is 0. The van der Waals surface area contributed by atoms with Crippen LogP contribution in [0.5, 0.6) is 5.75 Å². The molecule has 0 fully saturated rings. The Morgan fingerprint density at radius 3 is 2.52 bits per heavy atom. The smallest absolute Gasteiger partial charge is 0.422 e. The molecule has 2 aromatic carbocycles. The third-order valence-corrected chi connectivity index (χ3v) is 4.88.